The molecule has 3 heterocycles. The van der Waals surface area contributed by atoms with Crippen LogP contribution in [0.15, 0.2) is 23.5 Å². The third-order valence-corrected chi connectivity index (χ3v) is 5.90. The molecule has 11 nitrogen and oxygen atoms in total. The second-order valence-electron chi connectivity index (χ2n) is 6.20. The maximum Gasteiger partial charge on any atom is 0.352 e. The Kier molecular flexibility index (Phi) is 5.99. The number of nitrogens with one attached hydrogen (secondary N) is 1. The maximum absolute atomic E-state index is 12.1. The number of carbonyl (C=O) groups excluding carboxylic acids is 3. The van der Waals surface area contributed by atoms with Gasteiger partial charge in [0.2, 0.25) is 12.3 Å². The van der Waals surface area contributed by atoms with E-state index in [1.807, 2.05) is 0 Å². The number of hydrogen-bond acceptors (Lipinski definition) is 7. The van der Waals surface area contributed by atoms with E-state index >= 15 is 0 Å². The van der Waals surface area contributed by atoms with Gasteiger partial charge >= 0.3 is 5.97 Å². The highest BCUT2D eigenvalue weighted by molar-refractivity contribution is 8.00. The van der Waals surface area contributed by atoms with E-state index in [9.17, 15) is 24.3 Å². The topological polar surface area (TPSA) is 148 Å². The van der Waals surface area contributed by atoms with Crippen LogP contribution in [0.4, 0.5) is 5.82 Å². The number of carboxylic acid groups (broad SMARTS) is 1. The molecular formula is C16H20N5O6S+. The van der Waals surface area contributed by atoms with E-state index in [4.69, 9.17) is 5.73 Å². The zero-order valence-corrected chi connectivity index (χ0v) is 15.6. The Bertz CT molecular complexity index is 837. The zero-order valence-electron chi connectivity index (χ0n) is 14.8. The summed E-state index contributed by atoms with van der Waals surface area (Å²) in [6, 6.07) is 0.998. The molecule has 2 atom stereocenters. The molecular weight excluding hydrogens is 390 g/mol. The van der Waals surface area contributed by atoms with E-state index in [0.717, 1.165) is 0 Å². The normalized spacial score (nSPS) is 21.0. The summed E-state index contributed by atoms with van der Waals surface area (Å²) in [7, 11) is 0. The van der Waals surface area contributed by atoms with Crippen molar-refractivity contribution in [2.45, 2.75) is 30.9 Å². The molecule has 0 aliphatic carbocycles. The van der Waals surface area contributed by atoms with Crippen LogP contribution in [0, 0.1) is 0 Å². The van der Waals surface area contributed by atoms with Crippen LogP contribution in [0.5, 0.6) is 0 Å². The second kappa shape index (κ2) is 8.44. The fourth-order valence-corrected chi connectivity index (χ4v) is 4.56. The largest absolute Gasteiger partial charge is 0.477 e. The first kappa shape index (κ1) is 19.9. The van der Waals surface area contributed by atoms with Crippen molar-refractivity contribution in [2.24, 2.45) is 5.73 Å². The molecule has 3 rings (SSSR count). The van der Waals surface area contributed by atoms with E-state index in [1.165, 1.54) is 16.7 Å². The predicted molar refractivity (Wildman–Crippen MR) is 96.7 cm³/mol. The van der Waals surface area contributed by atoms with Crippen LogP contribution in [-0.2, 0) is 37.0 Å². The SMILES string of the molecule is N[C@@H]1C(=O)N2C(C(=O)O)=C(C[n+]3ccc(NC=O)n3CCCOC=O)CS[C@H]12. The molecule has 1 aromatic heterocycles. The molecule has 0 spiro atoms. The Morgan fingerprint density at radius 3 is 2.96 bits per heavy atom. The number of ether oxygens (including phenoxy) is 1. The molecule has 0 aromatic carbocycles. The van der Waals surface area contributed by atoms with E-state index < -0.39 is 17.9 Å². The van der Waals surface area contributed by atoms with Crippen molar-refractivity contribution in [3.63, 3.8) is 0 Å². The van der Waals surface area contributed by atoms with Gasteiger partial charge in [0, 0.05) is 17.7 Å². The molecule has 1 aromatic rings. The molecule has 0 radical (unpaired) electrons. The van der Waals surface area contributed by atoms with Crippen LogP contribution < -0.4 is 15.7 Å². The summed E-state index contributed by atoms with van der Waals surface area (Å²) >= 11 is 1.43. The first-order chi connectivity index (χ1) is 13.5. The van der Waals surface area contributed by atoms with Gasteiger partial charge in [-0.25, -0.2) is 4.79 Å². The van der Waals surface area contributed by atoms with Gasteiger partial charge < -0.3 is 20.9 Å². The molecule has 1 saturated heterocycles. The maximum atomic E-state index is 12.1. The van der Waals surface area contributed by atoms with Crippen molar-refractivity contribution in [3.8, 4) is 0 Å². The number of aromatic nitrogens is 2. The van der Waals surface area contributed by atoms with Gasteiger partial charge in [-0.05, 0) is 0 Å². The number of fused-ring (bicyclic) bond motifs is 1. The van der Waals surface area contributed by atoms with E-state index in [-0.39, 0.29) is 24.2 Å². The van der Waals surface area contributed by atoms with Crippen LogP contribution in [0.1, 0.15) is 6.42 Å². The highest BCUT2D eigenvalue weighted by Crippen LogP contribution is 2.39. The summed E-state index contributed by atoms with van der Waals surface area (Å²) < 4.78 is 8.18. The van der Waals surface area contributed by atoms with E-state index in [2.05, 4.69) is 10.1 Å². The summed E-state index contributed by atoms with van der Waals surface area (Å²) in [4.78, 5) is 46.2. The molecule has 1 fully saturated rings. The molecule has 2 amide bonds. The Labute approximate surface area is 164 Å². The molecule has 0 bridgehead atoms. The van der Waals surface area contributed by atoms with Gasteiger partial charge in [0.15, 0.2) is 18.6 Å². The standard InChI is InChI=1S/C16H19N5O6S/c17-12-14(24)21-13(16(25)26)10(7-28-15(12)21)6-19-4-2-11(18-8-22)20(19)3-1-5-27-9-23/h2,4,8-9,12,15H,1,3,5-7,17H2,(H,25,26)/p+1/t12-,15-/m1/s1. The number of anilines is 1. The number of carboxylic acids is 1. The lowest BCUT2D eigenvalue weighted by Gasteiger charge is -2.47. The predicted octanol–water partition coefficient (Wildman–Crippen LogP) is -1.51. The summed E-state index contributed by atoms with van der Waals surface area (Å²) in [5.41, 5.74) is 6.29. The van der Waals surface area contributed by atoms with Crippen molar-refractivity contribution in [3.05, 3.63) is 23.5 Å². The summed E-state index contributed by atoms with van der Waals surface area (Å²) in [6.45, 7) is 1.22. The first-order valence-corrected chi connectivity index (χ1v) is 9.54. The average Bonchev–Trinajstić information content (AvgIpc) is 3.05. The number of thioether (sulfide) groups is 1. The van der Waals surface area contributed by atoms with Gasteiger partial charge in [-0.1, -0.05) is 0 Å². The summed E-state index contributed by atoms with van der Waals surface area (Å²) in [6.07, 6.45) is 2.75. The minimum Gasteiger partial charge on any atom is -0.477 e. The molecule has 2 aliphatic heterocycles. The van der Waals surface area contributed by atoms with Gasteiger partial charge in [-0.15, -0.1) is 21.1 Å². The van der Waals surface area contributed by atoms with Crippen molar-refractivity contribution in [1.29, 1.82) is 0 Å². The van der Waals surface area contributed by atoms with Gasteiger partial charge in [-0.3, -0.25) is 19.3 Å². The highest BCUT2D eigenvalue weighted by Gasteiger charge is 2.52. The van der Waals surface area contributed by atoms with Gasteiger partial charge in [-0.2, -0.15) is 0 Å². The Morgan fingerprint density at radius 1 is 1.50 bits per heavy atom. The average molecular weight is 410 g/mol. The van der Waals surface area contributed by atoms with Crippen LogP contribution in [0.25, 0.3) is 0 Å². The van der Waals surface area contributed by atoms with Gasteiger partial charge in [0.05, 0.1) is 19.2 Å². The monoisotopic (exact) mass is 410 g/mol. The minimum atomic E-state index is -1.18. The van der Waals surface area contributed by atoms with Crippen LogP contribution in [0.2, 0.25) is 0 Å². The molecule has 4 N–H and O–H groups in total. The van der Waals surface area contributed by atoms with E-state index in [1.54, 1.807) is 21.6 Å². The number of nitrogens with two attached hydrogens (primary N) is 1. The number of nitrogens with zero attached hydrogens (tertiary/aromatic N) is 3. The van der Waals surface area contributed by atoms with Gasteiger partial charge in [0.25, 0.3) is 6.47 Å². The van der Waals surface area contributed by atoms with Crippen LogP contribution in [0.3, 0.4) is 0 Å². The molecule has 150 valence electrons. The summed E-state index contributed by atoms with van der Waals surface area (Å²) in [5, 5.41) is 11.9. The molecule has 12 heteroatoms. The third-order valence-electron chi connectivity index (χ3n) is 4.54. The number of β-lactam (4-membered cyclic amide) rings is 1. The highest BCUT2D eigenvalue weighted by atomic mass is 32.2. The van der Waals surface area contributed by atoms with Crippen LogP contribution in [-0.4, -0.2) is 63.2 Å². The van der Waals surface area contributed by atoms with Crippen molar-refractivity contribution < 1.29 is 33.7 Å². The van der Waals surface area contributed by atoms with Crippen molar-refractivity contribution >= 4 is 42.3 Å². The fourth-order valence-electron chi connectivity index (χ4n) is 3.27. The van der Waals surface area contributed by atoms with Crippen LogP contribution >= 0.6 is 11.8 Å². The third kappa shape index (κ3) is 3.60. The lowest BCUT2D eigenvalue weighted by Crippen LogP contribution is -2.68. The molecule has 0 unspecified atom stereocenters. The number of amides is 2. The van der Waals surface area contributed by atoms with Crippen molar-refractivity contribution in [2.75, 3.05) is 17.7 Å². The lowest BCUT2D eigenvalue weighted by atomic mass is 10.0. The number of aliphatic carboxylic acids is 1. The lowest BCUT2D eigenvalue weighted by molar-refractivity contribution is -0.767. The number of hydrogen-bond donors (Lipinski definition) is 3. The van der Waals surface area contributed by atoms with Gasteiger partial charge in [0.1, 0.15) is 17.1 Å². The first-order valence-electron chi connectivity index (χ1n) is 8.49. The molecule has 2 aliphatic rings. The Morgan fingerprint density at radius 2 is 2.29 bits per heavy atom. The summed E-state index contributed by atoms with van der Waals surface area (Å²) in [5.74, 6) is -0.638. The number of rotatable bonds is 10. The zero-order chi connectivity index (χ0) is 20.3. The minimum absolute atomic E-state index is 0.0371. The second-order valence-corrected chi connectivity index (χ2v) is 7.30. The number of carbonyl (C=O) groups is 4. The smallest absolute Gasteiger partial charge is 0.352 e. The van der Waals surface area contributed by atoms with E-state index in [0.29, 0.717) is 43.0 Å². The quantitative estimate of drug-likeness (QED) is 0.182. The Balaban J connectivity index is 1.87. The fraction of sp³-hybridized carbons (Fsp3) is 0.438. The Hall–Kier alpha value is -2.86. The molecule has 0 saturated carbocycles. The van der Waals surface area contributed by atoms with Crippen molar-refractivity contribution in [1.82, 2.24) is 9.58 Å². The molecule has 28 heavy (non-hydrogen) atoms.